The molecule has 1 aromatic heterocycles. The molecule has 0 radical (unpaired) electrons. The van der Waals surface area contributed by atoms with Gasteiger partial charge >= 0.3 is 0 Å². The summed E-state index contributed by atoms with van der Waals surface area (Å²) >= 11 is 1.10. The minimum absolute atomic E-state index is 0.0829. The topological polar surface area (TPSA) is 71.5 Å². The number of aromatic nitrogens is 1. The van der Waals surface area contributed by atoms with Crippen molar-refractivity contribution in [3.63, 3.8) is 0 Å². The molecule has 0 aliphatic carbocycles. The third kappa shape index (κ3) is 4.07. The van der Waals surface area contributed by atoms with Gasteiger partial charge < -0.3 is 15.2 Å². The maximum atomic E-state index is 13.6. The Labute approximate surface area is 125 Å². The molecule has 0 saturated carbocycles. The number of methoxy groups -OCH3 is 1. The van der Waals surface area contributed by atoms with Gasteiger partial charge in [0.15, 0.2) is 0 Å². The van der Waals surface area contributed by atoms with Crippen LogP contribution >= 0.6 is 11.3 Å². The van der Waals surface area contributed by atoms with Crippen molar-refractivity contribution in [1.82, 2.24) is 10.3 Å². The molecular weight excluding hydrogens is 295 g/mol. The molecule has 7 heteroatoms. The van der Waals surface area contributed by atoms with Crippen molar-refractivity contribution >= 4 is 17.2 Å². The van der Waals surface area contributed by atoms with Crippen LogP contribution in [0.1, 0.15) is 9.67 Å². The van der Waals surface area contributed by atoms with Crippen LogP contribution in [-0.4, -0.2) is 42.4 Å². The van der Waals surface area contributed by atoms with E-state index >= 15 is 0 Å². The van der Waals surface area contributed by atoms with Crippen LogP contribution in [0.4, 0.5) is 4.39 Å². The van der Waals surface area contributed by atoms with Gasteiger partial charge in [0, 0.05) is 19.2 Å². The number of halogens is 1. The fourth-order valence-corrected chi connectivity index (χ4v) is 2.55. The quantitative estimate of drug-likeness (QED) is 0.851. The molecular formula is C14H15FN2O3S. The zero-order chi connectivity index (χ0) is 15.2. The van der Waals surface area contributed by atoms with Crippen molar-refractivity contribution in [1.29, 1.82) is 0 Å². The molecule has 0 bridgehead atoms. The van der Waals surface area contributed by atoms with Crippen LogP contribution in [0.15, 0.2) is 30.5 Å². The molecule has 1 atom stereocenters. The van der Waals surface area contributed by atoms with Gasteiger partial charge in [0.2, 0.25) is 0 Å². The molecule has 2 aromatic rings. The Morgan fingerprint density at radius 3 is 3.00 bits per heavy atom. The van der Waals surface area contributed by atoms with Gasteiger partial charge in [-0.1, -0.05) is 12.1 Å². The van der Waals surface area contributed by atoms with Crippen LogP contribution in [0, 0.1) is 5.82 Å². The number of nitrogens with one attached hydrogen (secondary N) is 1. The summed E-state index contributed by atoms with van der Waals surface area (Å²) in [4.78, 5) is 16.3. The fourth-order valence-electron chi connectivity index (χ4n) is 1.69. The first-order valence-electron chi connectivity index (χ1n) is 6.27. The number of aliphatic hydroxyl groups excluding tert-OH is 1. The molecule has 2 N–H and O–H groups in total. The number of benzene rings is 1. The highest BCUT2D eigenvalue weighted by Gasteiger charge is 2.14. The summed E-state index contributed by atoms with van der Waals surface area (Å²) in [5, 5.41) is 12.5. The Hall–Kier alpha value is -1.83. The van der Waals surface area contributed by atoms with Crippen LogP contribution < -0.4 is 5.32 Å². The van der Waals surface area contributed by atoms with E-state index in [1.54, 1.807) is 18.2 Å². The average molecular weight is 310 g/mol. The predicted octanol–water partition coefficient (Wildman–Crippen LogP) is 1.69. The van der Waals surface area contributed by atoms with E-state index in [1.165, 1.54) is 19.4 Å². The lowest BCUT2D eigenvalue weighted by molar-refractivity contribution is 0.0610. The van der Waals surface area contributed by atoms with Crippen LogP contribution in [0.3, 0.4) is 0 Å². The third-order valence-electron chi connectivity index (χ3n) is 2.69. The lowest BCUT2D eigenvalue weighted by Crippen LogP contribution is -2.33. The SMILES string of the molecule is COCC(O)CNC(=O)c1cnc(-c2ccccc2F)s1. The Bertz CT molecular complexity index is 618. The number of thiazole rings is 1. The van der Waals surface area contributed by atoms with Crippen molar-refractivity contribution in [3.05, 3.63) is 41.2 Å². The Balaban J connectivity index is 2.03. The summed E-state index contributed by atoms with van der Waals surface area (Å²) in [7, 11) is 1.47. The van der Waals surface area contributed by atoms with Gasteiger partial charge in [-0.2, -0.15) is 0 Å². The minimum atomic E-state index is -0.766. The molecule has 2 rings (SSSR count). The van der Waals surface area contributed by atoms with Crippen molar-refractivity contribution < 1.29 is 19.0 Å². The molecule has 1 amide bonds. The molecule has 0 saturated heterocycles. The molecule has 1 unspecified atom stereocenters. The first-order chi connectivity index (χ1) is 10.1. The van der Waals surface area contributed by atoms with Crippen LogP contribution in [0.5, 0.6) is 0 Å². The molecule has 5 nitrogen and oxygen atoms in total. The van der Waals surface area contributed by atoms with Gasteiger partial charge in [0.25, 0.3) is 5.91 Å². The number of nitrogens with zero attached hydrogens (tertiary/aromatic N) is 1. The molecule has 1 aromatic carbocycles. The number of ether oxygens (including phenoxy) is 1. The van der Waals surface area contributed by atoms with Gasteiger partial charge in [0.05, 0.1) is 18.9 Å². The Morgan fingerprint density at radius 2 is 2.29 bits per heavy atom. The Kier molecular flexibility index (Phi) is 5.38. The summed E-state index contributed by atoms with van der Waals surface area (Å²) in [6.07, 6.45) is 0.628. The molecule has 1 heterocycles. The number of hydrogen-bond acceptors (Lipinski definition) is 5. The monoisotopic (exact) mass is 310 g/mol. The van der Waals surface area contributed by atoms with Gasteiger partial charge in [-0.3, -0.25) is 4.79 Å². The second-order valence-electron chi connectivity index (χ2n) is 4.33. The van der Waals surface area contributed by atoms with E-state index in [4.69, 9.17) is 4.74 Å². The number of hydrogen-bond donors (Lipinski definition) is 2. The van der Waals surface area contributed by atoms with E-state index in [1.807, 2.05) is 0 Å². The highest BCUT2D eigenvalue weighted by atomic mass is 32.1. The van der Waals surface area contributed by atoms with E-state index < -0.39 is 6.10 Å². The number of carbonyl (C=O) groups excluding carboxylic acids is 1. The van der Waals surface area contributed by atoms with E-state index in [0.717, 1.165) is 11.3 Å². The van der Waals surface area contributed by atoms with Crippen LogP contribution in [0.25, 0.3) is 10.6 Å². The number of amides is 1. The Morgan fingerprint density at radius 1 is 1.52 bits per heavy atom. The van der Waals surface area contributed by atoms with Crippen molar-refractivity contribution in [2.45, 2.75) is 6.10 Å². The van der Waals surface area contributed by atoms with Crippen molar-refractivity contribution in [2.75, 3.05) is 20.3 Å². The summed E-state index contributed by atoms with van der Waals surface area (Å²) in [6, 6.07) is 6.26. The van der Waals surface area contributed by atoms with Crippen molar-refractivity contribution in [2.24, 2.45) is 0 Å². The minimum Gasteiger partial charge on any atom is -0.389 e. The van der Waals surface area contributed by atoms with Gasteiger partial charge in [-0.25, -0.2) is 9.37 Å². The molecule has 21 heavy (non-hydrogen) atoms. The molecule has 0 aliphatic heterocycles. The zero-order valence-electron chi connectivity index (χ0n) is 11.4. The molecule has 0 spiro atoms. The first kappa shape index (κ1) is 15.6. The van der Waals surface area contributed by atoms with Gasteiger partial charge in [-0.15, -0.1) is 11.3 Å². The maximum Gasteiger partial charge on any atom is 0.263 e. The highest BCUT2D eigenvalue weighted by Crippen LogP contribution is 2.27. The maximum absolute atomic E-state index is 13.6. The summed E-state index contributed by atoms with van der Waals surface area (Å²) in [6.45, 7) is 0.225. The highest BCUT2D eigenvalue weighted by molar-refractivity contribution is 7.16. The lowest BCUT2D eigenvalue weighted by Gasteiger charge is -2.09. The summed E-state index contributed by atoms with van der Waals surface area (Å²) < 4.78 is 18.4. The standard InChI is InChI=1S/C14H15FN2O3S/c1-20-8-9(18)6-16-13(19)12-7-17-14(21-12)10-4-2-3-5-11(10)15/h2-5,7,9,18H,6,8H2,1H3,(H,16,19). The second-order valence-corrected chi connectivity index (χ2v) is 5.36. The molecule has 112 valence electrons. The number of carbonyl (C=O) groups is 1. The van der Waals surface area contributed by atoms with E-state index in [-0.39, 0.29) is 24.9 Å². The van der Waals surface area contributed by atoms with E-state index in [2.05, 4.69) is 10.3 Å². The third-order valence-corrected chi connectivity index (χ3v) is 3.72. The number of aliphatic hydroxyl groups is 1. The van der Waals surface area contributed by atoms with Gasteiger partial charge in [-0.05, 0) is 12.1 Å². The van der Waals surface area contributed by atoms with E-state index in [9.17, 15) is 14.3 Å². The smallest absolute Gasteiger partial charge is 0.263 e. The lowest BCUT2D eigenvalue weighted by atomic mass is 10.2. The van der Waals surface area contributed by atoms with E-state index in [0.29, 0.717) is 15.4 Å². The number of rotatable bonds is 6. The first-order valence-corrected chi connectivity index (χ1v) is 7.09. The van der Waals surface area contributed by atoms with Crippen LogP contribution in [-0.2, 0) is 4.74 Å². The predicted molar refractivity (Wildman–Crippen MR) is 77.7 cm³/mol. The average Bonchev–Trinajstić information content (AvgIpc) is 2.95. The second kappa shape index (κ2) is 7.26. The molecule has 0 fully saturated rings. The summed E-state index contributed by atoms with van der Waals surface area (Å²) in [5.74, 6) is -0.737. The van der Waals surface area contributed by atoms with Crippen molar-refractivity contribution in [3.8, 4) is 10.6 Å². The summed E-state index contributed by atoms with van der Waals surface area (Å²) in [5.41, 5.74) is 0.362. The fraction of sp³-hybridized carbons (Fsp3) is 0.286. The molecule has 0 aliphatic rings. The van der Waals surface area contributed by atoms with Crippen LogP contribution in [0.2, 0.25) is 0 Å². The largest absolute Gasteiger partial charge is 0.389 e. The normalized spacial score (nSPS) is 12.1. The zero-order valence-corrected chi connectivity index (χ0v) is 12.2. The van der Waals surface area contributed by atoms with Gasteiger partial charge in [0.1, 0.15) is 15.7 Å².